The molecular weight excluding hydrogens is 391 g/mol. The third-order valence-corrected chi connectivity index (χ3v) is 4.95. The largest absolute Gasteiger partial charge is 0.493 e. The van der Waals surface area contributed by atoms with Crippen LogP contribution in [-0.4, -0.2) is 25.1 Å². The molecule has 0 saturated carbocycles. The monoisotopic (exact) mass is 412 g/mol. The molecule has 1 amide bonds. The Bertz CT molecular complexity index is 1000. The van der Waals surface area contributed by atoms with E-state index in [0.717, 1.165) is 17.5 Å². The van der Waals surface area contributed by atoms with E-state index in [2.05, 4.69) is 10.3 Å². The van der Waals surface area contributed by atoms with Crippen molar-refractivity contribution >= 4 is 22.4 Å². The van der Waals surface area contributed by atoms with E-state index in [0.29, 0.717) is 28.7 Å². The number of carbonyl (C=O) groups is 1. The molecule has 0 aliphatic carbocycles. The van der Waals surface area contributed by atoms with Crippen molar-refractivity contribution in [3.8, 4) is 22.8 Å². The molecule has 0 aliphatic rings. The summed E-state index contributed by atoms with van der Waals surface area (Å²) in [5.74, 6) is 0.843. The van der Waals surface area contributed by atoms with Crippen LogP contribution in [-0.2, 0) is 11.2 Å². The first-order valence-corrected chi connectivity index (χ1v) is 9.87. The van der Waals surface area contributed by atoms with Gasteiger partial charge in [0.1, 0.15) is 5.82 Å². The van der Waals surface area contributed by atoms with Gasteiger partial charge in [-0.05, 0) is 60.9 Å². The number of anilines is 1. The van der Waals surface area contributed by atoms with E-state index in [9.17, 15) is 9.18 Å². The Kier molecular flexibility index (Phi) is 6.97. The summed E-state index contributed by atoms with van der Waals surface area (Å²) < 4.78 is 23.5. The molecule has 3 aromatic rings. The fourth-order valence-corrected chi connectivity index (χ4v) is 3.43. The first kappa shape index (κ1) is 20.5. The number of thiazole rings is 1. The molecule has 0 unspecified atom stereocenters. The molecule has 5 nitrogen and oxygen atoms in total. The molecule has 0 spiro atoms. The van der Waals surface area contributed by atoms with E-state index in [-0.39, 0.29) is 11.7 Å². The Morgan fingerprint density at radius 2 is 1.90 bits per heavy atom. The number of aryl methyl sites for hydroxylation is 1. The van der Waals surface area contributed by atoms with Crippen LogP contribution in [0.1, 0.15) is 12.0 Å². The molecular formula is C22H21FN2O3S. The third-order valence-electron chi connectivity index (χ3n) is 4.19. The highest BCUT2D eigenvalue weighted by Crippen LogP contribution is 2.28. The van der Waals surface area contributed by atoms with Crippen LogP contribution in [0, 0.1) is 5.82 Å². The van der Waals surface area contributed by atoms with Crippen LogP contribution < -0.4 is 14.8 Å². The number of benzene rings is 2. The zero-order valence-corrected chi connectivity index (χ0v) is 17.0. The van der Waals surface area contributed by atoms with Crippen LogP contribution in [0.15, 0.2) is 60.0 Å². The highest BCUT2D eigenvalue weighted by molar-refractivity contribution is 7.14. The van der Waals surface area contributed by atoms with Crippen molar-refractivity contribution in [2.45, 2.75) is 12.8 Å². The second kappa shape index (κ2) is 9.84. The average molecular weight is 412 g/mol. The van der Waals surface area contributed by atoms with E-state index in [4.69, 9.17) is 9.47 Å². The van der Waals surface area contributed by atoms with E-state index < -0.39 is 0 Å². The number of hydrogen-bond acceptors (Lipinski definition) is 5. The van der Waals surface area contributed by atoms with Gasteiger partial charge in [-0.15, -0.1) is 11.3 Å². The van der Waals surface area contributed by atoms with Gasteiger partial charge in [0, 0.05) is 10.9 Å². The Morgan fingerprint density at radius 3 is 2.62 bits per heavy atom. The summed E-state index contributed by atoms with van der Waals surface area (Å²) >= 11 is 1.32. The molecule has 0 fully saturated rings. The van der Waals surface area contributed by atoms with Crippen molar-refractivity contribution < 1.29 is 18.7 Å². The van der Waals surface area contributed by atoms with Crippen LogP contribution in [0.25, 0.3) is 11.3 Å². The molecule has 0 aliphatic heterocycles. The van der Waals surface area contributed by atoms with Gasteiger partial charge < -0.3 is 9.47 Å². The summed E-state index contributed by atoms with van der Waals surface area (Å²) in [6.45, 7) is 0. The summed E-state index contributed by atoms with van der Waals surface area (Å²) in [4.78, 5) is 16.4. The number of amides is 1. The number of allylic oxidation sites excluding steroid dienone is 1. The smallest absolute Gasteiger partial charge is 0.249 e. The van der Waals surface area contributed by atoms with Gasteiger partial charge in [-0.25, -0.2) is 9.37 Å². The normalized spacial score (nSPS) is 10.9. The fourth-order valence-electron chi connectivity index (χ4n) is 2.71. The zero-order valence-electron chi connectivity index (χ0n) is 16.1. The Balaban J connectivity index is 1.51. The van der Waals surface area contributed by atoms with E-state index in [1.54, 1.807) is 26.4 Å². The Hall–Kier alpha value is -3.19. The van der Waals surface area contributed by atoms with Crippen molar-refractivity contribution in [3.63, 3.8) is 0 Å². The number of halogens is 1. The minimum atomic E-state index is -0.296. The topological polar surface area (TPSA) is 60.5 Å². The summed E-state index contributed by atoms with van der Waals surface area (Å²) in [7, 11) is 3.20. The first-order valence-electron chi connectivity index (χ1n) is 8.99. The van der Waals surface area contributed by atoms with Crippen LogP contribution in [0.3, 0.4) is 0 Å². The minimum Gasteiger partial charge on any atom is -0.493 e. The molecule has 2 aromatic carbocycles. The zero-order chi connectivity index (χ0) is 20.6. The molecule has 0 atom stereocenters. The second-order valence-electron chi connectivity index (χ2n) is 6.16. The summed E-state index contributed by atoms with van der Waals surface area (Å²) in [6.07, 6.45) is 4.80. The highest BCUT2D eigenvalue weighted by atomic mass is 32.1. The molecule has 7 heteroatoms. The van der Waals surface area contributed by atoms with Crippen LogP contribution in [0.4, 0.5) is 9.52 Å². The summed E-state index contributed by atoms with van der Waals surface area (Å²) in [5, 5.41) is 5.07. The SMILES string of the molecule is COc1ccc(CCC=CC(=O)Nc2nc(-c3ccc(F)cc3)cs2)cc1OC. The lowest BCUT2D eigenvalue weighted by Crippen LogP contribution is -2.07. The van der Waals surface area contributed by atoms with Gasteiger partial charge in [0.25, 0.3) is 0 Å². The molecule has 1 heterocycles. The molecule has 3 rings (SSSR count). The highest BCUT2D eigenvalue weighted by Gasteiger charge is 2.07. The summed E-state index contributed by atoms with van der Waals surface area (Å²) in [6, 6.07) is 11.9. The van der Waals surface area contributed by atoms with Crippen LogP contribution in [0.5, 0.6) is 11.5 Å². The van der Waals surface area contributed by atoms with Gasteiger partial charge in [0.15, 0.2) is 16.6 Å². The quantitative estimate of drug-likeness (QED) is 0.523. The number of nitrogens with zero attached hydrogens (tertiary/aromatic N) is 1. The fraction of sp³-hybridized carbons (Fsp3) is 0.182. The van der Waals surface area contributed by atoms with Gasteiger partial charge >= 0.3 is 0 Å². The van der Waals surface area contributed by atoms with Crippen molar-refractivity contribution in [1.29, 1.82) is 0 Å². The maximum absolute atomic E-state index is 13.0. The lowest BCUT2D eigenvalue weighted by Gasteiger charge is -2.08. The molecule has 29 heavy (non-hydrogen) atoms. The third kappa shape index (κ3) is 5.65. The molecule has 1 aromatic heterocycles. The van der Waals surface area contributed by atoms with Crippen molar-refractivity contribution in [3.05, 3.63) is 71.4 Å². The lowest BCUT2D eigenvalue weighted by molar-refractivity contribution is -0.111. The second-order valence-corrected chi connectivity index (χ2v) is 7.02. The number of aromatic nitrogens is 1. The van der Waals surface area contributed by atoms with Gasteiger partial charge in [-0.1, -0.05) is 12.1 Å². The number of rotatable bonds is 8. The number of carbonyl (C=O) groups excluding carboxylic acids is 1. The number of methoxy groups -OCH3 is 2. The minimum absolute atomic E-state index is 0.239. The first-order chi connectivity index (χ1) is 14.1. The van der Waals surface area contributed by atoms with E-state index in [1.807, 2.05) is 29.7 Å². The van der Waals surface area contributed by atoms with Gasteiger partial charge in [-0.3, -0.25) is 10.1 Å². The number of ether oxygens (including phenoxy) is 2. The summed E-state index contributed by atoms with van der Waals surface area (Å²) in [5.41, 5.74) is 2.59. The number of hydrogen-bond donors (Lipinski definition) is 1. The van der Waals surface area contributed by atoms with Gasteiger partial charge in [0.05, 0.1) is 19.9 Å². The maximum atomic E-state index is 13.0. The Morgan fingerprint density at radius 1 is 1.14 bits per heavy atom. The predicted octanol–water partition coefficient (Wildman–Crippen LogP) is 5.09. The molecule has 0 saturated heterocycles. The maximum Gasteiger partial charge on any atom is 0.249 e. The van der Waals surface area contributed by atoms with Crippen molar-refractivity contribution in [2.75, 3.05) is 19.5 Å². The van der Waals surface area contributed by atoms with Crippen LogP contribution in [0.2, 0.25) is 0 Å². The predicted molar refractivity (Wildman–Crippen MR) is 113 cm³/mol. The Labute approximate surface area is 172 Å². The molecule has 150 valence electrons. The average Bonchev–Trinajstić information content (AvgIpc) is 3.19. The van der Waals surface area contributed by atoms with E-state index >= 15 is 0 Å². The molecule has 1 N–H and O–H groups in total. The molecule has 0 bridgehead atoms. The van der Waals surface area contributed by atoms with Crippen LogP contribution >= 0.6 is 11.3 Å². The van der Waals surface area contributed by atoms with Gasteiger partial charge in [0.2, 0.25) is 5.91 Å². The standard InChI is InChI=1S/C22H21FN2O3S/c1-27-19-12-7-15(13-20(19)28-2)5-3-4-6-21(26)25-22-24-18(14-29-22)16-8-10-17(23)11-9-16/h4,6-14H,3,5H2,1-2H3,(H,24,25,26). The number of nitrogens with one attached hydrogen (secondary N) is 1. The molecule has 0 radical (unpaired) electrons. The van der Waals surface area contributed by atoms with E-state index in [1.165, 1.54) is 29.5 Å². The lowest BCUT2D eigenvalue weighted by atomic mass is 10.1. The van der Waals surface area contributed by atoms with Gasteiger partial charge in [-0.2, -0.15) is 0 Å². The van der Waals surface area contributed by atoms with Crippen molar-refractivity contribution in [2.24, 2.45) is 0 Å². The van der Waals surface area contributed by atoms with Crippen molar-refractivity contribution in [1.82, 2.24) is 4.98 Å².